The summed E-state index contributed by atoms with van der Waals surface area (Å²) in [6.07, 6.45) is 120. The predicted molar refractivity (Wildman–Crippen MR) is 417 cm³/mol. The number of carbonyl (C=O) groups excluding carboxylic acids is 2. The van der Waals surface area contributed by atoms with Gasteiger partial charge in [0.15, 0.2) is 6.10 Å². The molecule has 0 aromatic heterocycles. The van der Waals surface area contributed by atoms with Crippen molar-refractivity contribution in [2.75, 3.05) is 13.2 Å². The van der Waals surface area contributed by atoms with Crippen LogP contribution in [0.4, 0.5) is 0 Å². The minimum absolute atomic E-state index is 0.0610. The average molecular weight is 1310 g/mol. The molecule has 0 spiro atoms. The van der Waals surface area contributed by atoms with Crippen molar-refractivity contribution in [3.63, 3.8) is 0 Å². The van der Waals surface area contributed by atoms with E-state index >= 15 is 0 Å². The van der Waals surface area contributed by atoms with Gasteiger partial charge in [0.25, 0.3) is 0 Å². The number of ether oxygens (including phenoxy) is 2. The van der Waals surface area contributed by atoms with Gasteiger partial charge in [-0.25, -0.2) is 0 Å². The monoisotopic (exact) mass is 1310 g/mol. The maximum Gasteiger partial charge on any atom is 0.306 e. The van der Waals surface area contributed by atoms with Crippen molar-refractivity contribution in [3.05, 3.63) is 85.1 Å². The van der Waals surface area contributed by atoms with Crippen molar-refractivity contribution in [2.45, 2.75) is 457 Å². The highest BCUT2D eigenvalue weighted by Gasteiger charge is 2.16. The van der Waals surface area contributed by atoms with E-state index in [4.69, 9.17) is 9.47 Å². The van der Waals surface area contributed by atoms with E-state index in [1.54, 1.807) is 0 Å². The van der Waals surface area contributed by atoms with Gasteiger partial charge in [-0.3, -0.25) is 9.59 Å². The number of rotatable bonds is 79. The second-order valence-electron chi connectivity index (χ2n) is 28.5. The molecule has 1 N–H and O–H groups in total. The molecular weight excluding hydrogens is 1150 g/mol. The van der Waals surface area contributed by atoms with Crippen LogP contribution in [0.5, 0.6) is 0 Å². The van der Waals surface area contributed by atoms with E-state index in [2.05, 4.69) is 98.9 Å². The lowest BCUT2D eigenvalue weighted by molar-refractivity contribution is -0.161. The van der Waals surface area contributed by atoms with Crippen molar-refractivity contribution >= 4 is 11.9 Å². The first kappa shape index (κ1) is 91.1. The van der Waals surface area contributed by atoms with Crippen LogP contribution in [0.3, 0.4) is 0 Å². The number of carbonyl (C=O) groups is 2. The van der Waals surface area contributed by atoms with Crippen LogP contribution in [-0.2, 0) is 19.1 Å². The summed E-state index contributed by atoms with van der Waals surface area (Å²) in [6.45, 7) is 4.09. The van der Waals surface area contributed by atoms with E-state index < -0.39 is 6.10 Å². The molecule has 0 heterocycles. The van der Waals surface area contributed by atoms with Gasteiger partial charge in [-0.1, -0.05) is 433 Å². The van der Waals surface area contributed by atoms with Crippen LogP contribution < -0.4 is 0 Å². The molecule has 548 valence electrons. The highest BCUT2D eigenvalue weighted by molar-refractivity contribution is 5.70. The molecule has 0 aliphatic heterocycles. The third-order valence-electron chi connectivity index (χ3n) is 19.2. The van der Waals surface area contributed by atoms with Crippen LogP contribution in [0.15, 0.2) is 85.1 Å². The highest BCUT2D eigenvalue weighted by Crippen LogP contribution is 2.20. The number of aliphatic hydroxyl groups excluding tert-OH is 1. The van der Waals surface area contributed by atoms with Gasteiger partial charge in [0, 0.05) is 12.8 Å². The molecule has 1 unspecified atom stereocenters. The topological polar surface area (TPSA) is 72.8 Å². The van der Waals surface area contributed by atoms with Crippen molar-refractivity contribution in [3.8, 4) is 0 Å². The summed E-state index contributed by atoms with van der Waals surface area (Å²) >= 11 is 0. The van der Waals surface area contributed by atoms with E-state index in [-0.39, 0.29) is 25.2 Å². The standard InChI is InChI=1S/C89H162O5/c1-3-5-7-9-11-13-15-17-19-21-23-25-27-29-31-33-35-37-39-41-43-44-46-47-49-51-53-55-57-59-61-63-65-67-69-71-73-75-77-79-81-83-88(91)93-86-87(85-90)94-89(92)84-82-80-78-76-74-72-70-68-66-64-62-60-58-56-54-52-50-48-45-42-40-38-36-34-32-30-28-26-24-22-20-18-16-14-12-10-8-6-4-2/h6,8,12,14,18,20-21,23-24,26,30,32,36,38,87,90H,3-5,7,9-11,13,15-17,19,22,25,27-29,31,33-35,37,39-86H2,1-2H3/b8-6-,14-12-,20-18-,23-21-,26-24-,32-30-,38-36-. The zero-order valence-electron chi connectivity index (χ0n) is 63.2. The molecule has 94 heavy (non-hydrogen) atoms. The lowest BCUT2D eigenvalue weighted by atomic mass is 10.0. The molecule has 5 nitrogen and oxygen atoms in total. The van der Waals surface area contributed by atoms with Gasteiger partial charge in [0.05, 0.1) is 6.61 Å². The number of unbranched alkanes of at least 4 members (excludes halogenated alkanes) is 57. The molecular formula is C89H162O5. The fourth-order valence-corrected chi connectivity index (χ4v) is 12.9. The Morgan fingerprint density at radius 3 is 0.702 bits per heavy atom. The number of allylic oxidation sites excluding steroid dienone is 14. The SMILES string of the molecule is CC/C=C\C/C=C\C/C=C\C/C=C\C/C=C\C/C=C\CCCCCCCCCCCCCCCCCCCCCCC(=O)OC(CO)COC(=O)CCCCCCCCCCCCCCCCCCCCCCCCCCCCCCC/C=C\CCCCCCCCCC. The first-order valence-corrected chi connectivity index (χ1v) is 42.1. The zero-order chi connectivity index (χ0) is 67.5. The van der Waals surface area contributed by atoms with Gasteiger partial charge in [0.1, 0.15) is 6.61 Å². The van der Waals surface area contributed by atoms with E-state index in [9.17, 15) is 14.7 Å². The van der Waals surface area contributed by atoms with Crippen LogP contribution in [0, 0.1) is 0 Å². The molecule has 0 aromatic rings. The Morgan fingerprint density at radius 2 is 0.457 bits per heavy atom. The first-order chi connectivity index (χ1) is 46.6. The second-order valence-corrected chi connectivity index (χ2v) is 28.5. The fraction of sp³-hybridized carbons (Fsp3) is 0.820. The Bertz CT molecular complexity index is 1680. The third-order valence-corrected chi connectivity index (χ3v) is 19.2. The molecule has 1 atom stereocenters. The molecule has 0 bridgehead atoms. The zero-order valence-corrected chi connectivity index (χ0v) is 63.2. The van der Waals surface area contributed by atoms with Gasteiger partial charge in [0.2, 0.25) is 0 Å². The van der Waals surface area contributed by atoms with Crippen LogP contribution in [-0.4, -0.2) is 36.4 Å². The maximum atomic E-state index is 12.4. The van der Waals surface area contributed by atoms with Crippen molar-refractivity contribution < 1.29 is 24.2 Å². The molecule has 0 saturated carbocycles. The Morgan fingerprint density at radius 1 is 0.255 bits per heavy atom. The number of aliphatic hydroxyl groups is 1. The van der Waals surface area contributed by atoms with Crippen LogP contribution in [0.25, 0.3) is 0 Å². The molecule has 0 aliphatic rings. The first-order valence-electron chi connectivity index (χ1n) is 42.1. The predicted octanol–water partition coefficient (Wildman–Crippen LogP) is 29.9. The molecule has 0 aromatic carbocycles. The smallest absolute Gasteiger partial charge is 0.306 e. The summed E-state index contributed by atoms with van der Waals surface area (Å²) in [7, 11) is 0. The minimum Gasteiger partial charge on any atom is -0.462 e. The Balaban J connectivity index is 3.38. The Hall–Kier alpha value is -2.92. The molecule has 0 radical (unpaired) electrons. The van der Waals surface area contributed by atoms with Crippen molar-refractivity contribution in [2.24, 2.45) is 0 Å². The van der Waals surface area contributed by atoms with E-state index in [0.29, 0.717) is 12.8 Å². The normalized spacial score (nSPS) is 12.6. The fourth-order valence-electron chi connectivity index (χ4n) is 12.9. The van der Waals surface area contributed by atoms with Crippen LogP contribution in [0.1, 0.15) is 450 Å². The molecule has 5 heteroatoms. The lowest BCUT2D eigenvalue weighted by Crippen LogP contribution is -2.28. The van der Waals surface area contributed by atoms with Gasteiger partial charge in [-0.15, -0.1) is 0 Å². The number of esters is 2. The Labute approximate surface area is 587 Å². The third kappa shape index (κ3) is 81.5. The lowest BCUT2D eigenvalue weighted by Gasteiger charge is -2.15. The van der Waals surface area contributed by atoms with Gasteiger partial charge in [-0.05, 0) is 89.9 Å². The highest BCUT2D eigenvalue weighted by atomic mass is 16.6. The molecule has 0 fully saturated rings. The van der Waals surface area contributed by atoms with Crippen molar-refractivity contribution in [1.82, 2.24) is 0 Å². The van der Waals surface area contributed by atoms with E-state index in [1.165, 1.54) is 353 Å². The molecule has 0 amide bonds. The summed E-state index contributed by atoms with van der Waals surface area (Å²) < 4.78 is 10.8. The molecule has 0 saturated heterocycles. The second kappa shape index (κ2) is 84.3. The average Bonchev–Trinajstić information content (AvgIpc) is 3.65. The minimum atomic E-state index is -0.773. The van der Waals surface area contributed by atoms with E-state index in [1.807, 2.05) is 0 Å². The van der Waals surface area contributed by atoms with E-state index in [0.717, 1.165) is 70.6 Å². The molecule has 0 rings (SSSR count). The number of hydrogen-bond donors (Lipinski definition) is 1. The van der Waals surface area contributed by atoms with Gasteiger partial charge in [-0.2, -0.15) is 0 Å². The summed E-state index contributed by atoms with van der Waals surface area (Å²) in [5, 5.41) is 9.74. The number of hydrogen-bond acceptors (Lipinski definition) is 5. The quantitative estimate of drug-likeness (QED) is 0.0373. The van der Waals surface area contributed by atoms with Crippen LogP contribution in [0.2, 0.25) is 0 Å². The van der Waals surface area contributed by atoms with Gasteiger partial charge >= 0.3 is 11.9 Å². The van der Waals surface area contributed by atoms with Crippen molar-refractivity contribution in [1.29, 1.82) is 0 Å². The summed E-state index contributed by atoms with van der Waals surface area (Å²) in [6, 6.07) is 0. The van der Waals surface area contributed by atoms with Crippen LogP contribution >= 0.6 is 0 Å². The summed E-state index contributed by atoms with van der Waals surface area (Å²) in [4.78, 5) is 24.7. The Kier molecular flexibility index (Phi) is 81.7. The van der Waals surface area contributed by atoms with Gasteiger partial charge < -0.3 is 14.6 Å². The maximum absolute atomic E-state index is 12.4. The largest absolute Gasteiger partial charge is 0.462 e. The summed E-state index contributed by atoms with van der Waals surface area (Å²) in [5.74, 6) is -0.566. The molecule has 0 aliphatic carbocycles. The summed E-state index contributed by atoms with van der Waals surface area (Å²) in [5.41, 5.74) is 0.